The zero-order valence-electron chi connectivity index (χ0n) is 18.0. The lowest BCUT2D eigenvalue weighted by Crippen LogP contribution is -2.28. The minimum Gasteiger partial charge on any atom is -0.316 e. The predicted molar refractivity (Wildman–Crippen MR) is 144 cm³/mol. The van der Waals surface area contributed by atoms with E-state index >= 15 is 0 Å². The first-order chi connectivity index (χ1) is 15.7. The number of amides is 1. The Hall–Kier alpha value is -1.70. The van der Waals surface area contributed by atoms with Gasteiger partial charge in [0.1, 0.15) is 0 Å². The molecule has 1 aliphatic heterocycles. The van der Waals surface area contributed by atoms with Crippen molar-refractivity contribution < 1.29 is 4.79 Å². The van der Waals surface area contributed by atoms with Crippen molar-refractivity contribution in [2.24, 2.45) is 4.99 Å². The van der Waals surface area contributed by atoms with Crippen LogP contribution in [0.25, 0.3) is 11.8 Å². The Morgan fingerprint density at radius 3 is 2.48 bits per heavy atom. The van der Waals surface area contributed by atoms with E-state index in [1.807, 2.05) is 57.2 Å². The first kappa shape index (κ1) is 24.4. The van der Waals surface area contributed by atoms with E-state index in [2.05, 4.69) is 25.5 Å². The van der Waals surface area contributed by atoms with Crippen LogP contribution in [-0.2, 0) is 4.79 Å². The fraction of sp³-hybridized carbons (Fsp3) is 0.167. The van der Waals surface area contributed by atoms with Crippen LogP contribution in [0.5, 0.6) is 0 Å². The molecule has 0 unspecified atom stereocenters. The second-order valence-electron chi connectivity index (χ2n) is 7.41. The van der Waals surface area contributed by atoms with Crippen LogP contribution in [0.3, 0.4) is 0 Å². The second-order valence-corrected chi connectivity index (χ2v) is 10.5. The Kier molecular flexibility index (Phi) is 7.32. The van der Waals surface area contributed by atoms with Gasteiger partial charge >= 0.3 is 0 Å². The van der Waals surface area contributed by atoms with E-state index < -0.39 is 0 Å². The Balaban J connectivity index is 1.71. The van der Waals surface area contributed by atoms with Gasteiger partial charge in [-0.05, 0) is 103 Å². The molecule has 4 rings (SSSR count). The quantitative estimate of drug-likeness (QED) is 0.289. The Bertz CT molecular complexity index is 1330. The zero-order valence-corrected chi connectivity index (χ0v) is 22.7. The summed E-state index contributed by atoms with van der Waals surface area (Å²) in [6.07, 6.45) is 1.91. The van der Waals surface area contributed by atoms with Crippen LogP contribution in [0.15, 0.2) is 56.8 Å². The molecule has 4 nitrogen and oxygen atoms in total. The number of aliphatic imine (C=N–C) groups is 1. The smallest absolute Gasteiger partial charge is 0.266 e. The van der Waals surface area contributed by atoms with Crippen molar-refractivity contribution in [3.8, 4) is 5.69 Å². The summed E-state index contributed by atoms with van der Waals surface area (Å²) < 4.78 is 2.86. The Morgan fingerprint density at radius 1 is 1.06 bits per heavy atom. The number of aromatic nitrogens is 1. The molecule has 9 heteroatoms. The van der Waals surface area contributed by atoms with E-state index in [-0.39, 0.29) is 5.91 Å². The summed E-state index contributed by atoms with van der Waals surface area (Å²) in [6, 6.07) is 12.9. The standard InChI is InChI=1S/C24H19BrCl3N3OS/c1-4-30-23(32)22(33-24(30)29-17-6-7-18(25)19(27)12-17)10-15-9-13(2)31(14(15)3)21-8-5-16(26)11-20(21)28/h5-12H,4H2,1-3H3/b22-10-,29-24?. The first-order valence-corrected chi connectivity index (χ1v) is 12.8. The van der Waals surface area contributed by atoms with Crippen LogP contribution in [0, 0.1) is 13.8 Å². The summed E-state index contributed by atoms with van der Waals surface area (Å²) >= 11 is 23.5. The van der Waals surface area contributed by atoms with E-state index in [0.717, 1.165) is 27.1 Å². The molecule has 1 aromatic heterocycles. The summed E-state index contributed by atoms with van der Waals surface area (Å²) in [5.74, 6) is -0.0706. The summed E-state index contributed by atoms with van der Waals surface area (Å²) in [5, 5.41) is 2.34. The molecular weight excluding hydrogens is 565 g/mol. The molecule has 0 bridgehead atoms. The number of likely N-dealkylation sites (N-methyl/N-ethyl adjacent to an activating group) is 1. The first-order valence-electron chi connectivity index (χ1n) is 10.1. The summed E-state index contributed by atoms with van der Waals surface area (Å²) in [4.78, 5) is 20.1. The van der Waals surface area contributed by atoms with E-state index in [4.69, 9.17) is 34.8 Å². The summed E-state index contributed by atoms with van der Waals surface area (Å²) in [5.41, 5.74) is 4.46. The van der Waals surface area contributed by atoms with Gasteiger partial charge in [0.2, 0.25) is 0 Å². The van der Waals surface area contributed by atoms with Crippen molar-refractivity contribution in [3.05, 3.63) is 83.9 Å². The van der Waals surface area contributed by atoms with Crippen molar-refractivity contribution in [3.63, 3.8) is 0 Å². The van der Waals surface area contributed by atoms with Crippen LogP contribution < -0.4 is 0 Å². The lowest BCUT2D eigenvalue weighted by atomic mass is 10.2. The molecule has 0 aliphatic carbocycles. The number of nitrogens with zero attached hydrogens (tertiary/aromatic N) is 3. The van der Waals surface area contributed by atoms with Crippen LogP contribution in [0.1, 0.15) is 23.9 Å². The third-order valence-corrected chi connectivity index (χ3v) is 8.02. The third-order valence-electron chi connectivity index (χ3n) is 5.24. The van der Waals surface area contributed by atoms with E-state index in [9.17, 15) is 4.79 Å². The molecule has 3 aromatic rings. The maximum atomic E-state index is 13.1. The SMILES string of the molecule is CCN1C(=O)/C(=C/c2cc(C)n(-c3ccc(Cl)cc3Cl)c2C)SC1=Nc1ccc(Br)c(Cl)c1. The molecule has 0 N–H and O–H groups in total. The van der Waals surface area contributed by atoms with Crippen LogP contribution in [-0.4, -0.2) is 27.1 Å². The minimum atomic E-state index is -0.0706. The Labute approximate surface area is 220 Å². The second kappa shape index (κ2) is 9.88. The molecule has 2 aromatic carbocycles. The van der Waals surface area contributed by atoms with E-state index in [0.29, 0.717) is 37.4 Å². The largest absolute Gasteiger partial charge is 0.316 e. The number of amidine groups is 1. The van der Waals surface area contributed by atoms with Crippen molar-refractivity contribution in [1.82, 2.24) is 9.47 Å². The van der Waals surface area contributed by atoms with Crippen LogP contribution in [0.2, 0.25) is 15.1 Å². The van der Waals surface area contributed by atoms with Gasteiger partial charge in [-0.25, -0.2) is 4.99 Å². The lowest BCUT2D eigenvalue weighted by Gasteiger charge is -2.12. The molecule has 1 saturated heterocycles. The molecule has 2 heterocycles. The third kappa shape index (κ3) is 4.91. The number of benzene rings is 2. The zero-order chi connectivity index (χ0) is 23.9. The maximum absolute atomic E-state index is 13.1. The van der Waals surface area contributed by atoms with Gasteiger partial charge in [-0.2, -0.15) is 0 Å². The topological polar surface area (TPSA) is 37.6 Å². The fourth-order valence-corrected chi connectivity index (χ4v) is 5.61. The summed E-state index contributed by atoms with van der Waals surface area (Å²) in [6.45, 7) is 6.46. The maximum Gasteiger partial charge on any atom is 0.266 e. The van der Waals surface area contributed by atoms with E-state index in [1.165, 1.54) is 11.8 Å². The highest BCUT2D eigenvalue weighted by Crippen LogP contribution is 2.37. The van der Waals surface area contributed by atoms with Crippen molar-refractivity contribution in [1.29, 1.82) is 0 Å². The van der Waals surface area contributed by atoms with Gasteiger partial charge < -0.3 is 4.57 Å². The van der Waals surface area contributed by atoms with Crippen LogP contribution >= 0.6 is 62.5 Å². The monoisotopic (exact) mass is 581 g/mol. The number of carbonyl (C=O) groups is 1. The molecule has 0 atom stereocenters. The molecule has 1 amide bonds. The summed E-state index contributed by atoms with van der Waals surface area (Å²) in [7, 11) is 0. The average molecular weight is 584 g/mol. The molecule has 33 heavy (non-hydrogen) atoms. The highest BCUT2D eigenvalue weighted by molar-refractivity contribution is 9.10. The van der Waals surface area contributed by atoms with Gasteiger partial charge in [-0.1, -0.05) is 34.8 Å². The molecule has 1 fully saturated rings. The lowest BCUT2D eigenvalue weighted by molar-refractivity contribution is -0.122. The van der Waals surface area contributed by atoms with Gasteiger partial charge in [-0.15, -0.1) is 0 Å². The molecular formula is C24H19BrCl3N3OS. The normalized spacial score (nSPS) is 16.5. The number of hydrogen-bond donors (Lipinski definition) is 0. The van der Waals surface area contributed by atoms with Crippen molar-refractivity contribution in [2.45, 2.75) is 20.8 Å². The number of aryl methyl sites for hydroxylation is 1. The molecule has 1 aliphatic rings. The average Bonchev–Trinajstić information content (AvgIpc) is 3.20. The molecule has 170 valence electrons. The highest BCUT2D eigenvalue weighted by atomic mass is 79.9. The number of halogens is 4. The van der Waals surface area contributed by atoms with E-state index in [1.54, 1.807) is 17.0 Å². The number of carbonyl (C=O) groups excluding carboxylic acids is 1. The number of hydrogen-bond acceptors (Lipinski definition) is 3. The Morgan fingerprint density at radius 2 is 1.82 bits per heavy atom. The fourth-order valence-electron chi connectivity index (χ4n) is 3.64. The van der Waals surface area contributed by atoms with Crippen molar-refractivity contribution in [2.75, 3.05) is 6.54 Å². The minimum absolute atomic E-state index is 0.0706. The van der Waals surface area contributed by atoms with Gasteiger partial charge in [0, 0.05) is 27.4 Å². The molecule has 0 spiro atoms. The van der Waals surface area contributed by atoms with Gasteiger partial charge in [0.15, 0.2) is 5.17 Å². The van der Waals surface area contributed by atoms with Gasteiger partial charge in [0.05, 0.1) is 26.3 Å². The van der Waals surface area contributed by atoms with Gasteiger partial charge in [-0.3, -0.25) is 9.69 Å². The highest BCUT2D eigenvalue weighted by Gasteiger charge is 2.32. The molecule has 0 radical (unpaired) electrons. The number of thioether (sulfide) groups is 1. The molecule has 0 saturated carbocycles. The number of rotatable bonds is 4. The van der Waals surface area contributed by atoms with Crippen molar-refractivity contribution >= 4 is 85.3 Å². The van der Waals surface area contributed by atoms with Gasteiger partial charge in [0.25, 0.3) is 5.91 Å². The van der Waals surface area contributed by atoms with Crippen LogP contribution in [0.4, 0.5) is 5.69 Å². The predicted octanol–water partition coefficient (Wildman–Crippen LogP) is 8.44.